The molecule has 0 radical (unpaired) electrons. The smallest absolute Gasteiger partial charge is 0.354 e. The van der Waals surface area contributed by atoms with Crippen molar-refractivity contribution < 1.29 is 18.0 Å². The molecule has 116 valence electrons. The molecule has 2 aliphatic rings. The lowest BCUT2D eigenvalue weighted by molar-refractivity contribution is -0.143. The van der Waals surface area contributed by atoms with Crippen LogP contribution in [0.2, 0.25) is 0 Å². The van der Waals surface area contributed by atoms with Crippen LogP contribution in [0.5, 0.6) is 0 Å². The van der Waals surface area contributed by atoms with E-state index in [2.05, 4.69) is 10.6 Å². The van der Waals surface area contributed by atoms with Crippen molar-refractivity contribution in [1.82, 2.24) is 15.5 Å². The number of hydrogen-bond donors (Lipinski definition) is 2. The van der Waals surface area contributed by atoms with E-state index in [9.17, 15) is 18.0 Å². The van der Waals surface area contributed by atoms with E-state index in [0.29, 0.717) is 26.1 Å². The van der Waals surface area contributed by atoms with Crippen LogP contribution in [0.4, 0.5) is 13.2 Å². The van der Waals surface area contributed by atoms with Gasteiger partial charge in [0.1, 0.15) is 0 Å². The summed E-state index contributed by atoms with van der Waals surface area (Å²) >= 11 is 0. The van der Waals surface area contributed by atoms with E-state index >= 15 is 0 Å². The largest absolute Gasteiger partial charge is 0.401 e. The zero-order chi connectivity index (χ0) is 14.6. The molecule has 1 amide bonds. The van der Waals surface area contributed by atoms with Crippen LogP contribution in [0, 0.1) is 5.92 Å². The molecule has 2 heterocycles. The highest BCUT2D eigenvalue weighted by Gasteiger charge is 2.34. The van der Waals surface area contributed by atoms with Crippen LogP contribution in [0.3, 0.4) is 0 Å². The predicted molar refractivity (Wildman–Crippen MR) is 69.3 cm³/mol. The summed E-state index contributed by atoms with van der Waals surface area (Å²) in [6.07, 6.45) is -0.429. The fourth-order valence-electron chi connectivity index (χ4n) is 2.92. The van der Waals surface area contributed by atoms with Gasteiger partial charge in [0, 0.05) is 13.1 Å². The predicted octanol–water partition coefficient (Wildman–Crippen LogP) is 1.13. The first kappa shape index (κ1) is 15.6. The Kier molecular flexibility index (Phi) is 5.26. The molecule has 0 bridgehead atoms. The highest BCUT2D eigenvalue weighted by atomic mass is 19.4. The van der Waals surface area contributed by atoms with Gasteiger partial charge in [-0.3, -0.25) is 9.69 Å². The van der Waals surface area contributed by atoms with Crippen molar-refractivity contribution in [2.45, 2.75) is 37.9 Å². The van der Waals surface area contributed by atoms with Gasteiger partial charge in [0.15, 0.2) is 0 Å². The Labute approximate surface area is 117 Å². The normalized spacial score (nSPS) is 28.6. The molecule has 4 nitrogen and oxygen atoms in total. The average molecular weight is 293 g/mol. The lowest BCUT2D eigenvalue weighted by Crippen LogP contribution is -2.47. The Bertz CT molecular complexity index is 329. The number of carbonyl (C=O) groups is 1. The standard InChI is InChI=1S/C13H22F3N3O/c14-13(15,16)9-19-6-4-10(8-19)7-18-12(20)11-3-1-2-5-17-11/h10-11,17H,1-9H2,(H,18,20). The molecule has 2 unspecified atom stereocenters. The summed E-state index contributed by atoms with van der Waals surface area (Å²) in [5, 5.41) is 6.03. The van der Waals surface area contributed by atoms with Gasteiger partial charge >= 0.3 is 6.18 Å². The minimum Gasteiger partial charge on any atom is -0.354 e. The third kappa shape index (κ3) is 4.94. The number of rotatable bonds is 4. The summed E-state index contributed by atoms with van der Waals surface area (Å²) in [5.41, 5.74) is 0. The van der Waals surface area contributed by atoms with E-state index in [0.717, 1.165) is 25.8 Å². The second-order valence-electron chi connectivity index (χ2n) is 5.75. The minimum absolute atomic E-state index is 0.0148. The van der Waals surface area contributed by atoms with Crippen LogP contribution in [0.25, 0.3) is 0 Å². The summed E-state index contributed by atoms with van der Waals surface area (Å²) in [4.78, 5) is 13.3. The first-order chi connectivity index (χ1) is 9.44. The fraction of sp³-hybridized carbons (Fsp3) is 0.923. The highest BCUT2D eigenvalue weighted by Crippen LogP contribution is 2.22. The molecule has 7 heteroatoms. The summed E-state index contributed by atoms with van der Waals surface area (Å²) in [5.74, 6) is 0.115. The Morgan fingerprint density at radius 3 is 2.75 bits per heavy atom. The Morgan fingerprint density at radius 2 is 2.10 bits per heavy atom. The van der Waals surface area contributed by atoms with Crippen LogP contribution in [-0.4, -0.2) is 55.7 Å². The van der Waals surface area contributed by atoms with Crippen LogP contribution in [0.1, 0.15) is 25.7 Å². The number of halogens is 3. The molecule has 0 aromatic heterocycles. The van der Waals surface area contributed by atoms with Crippen LogP contribution in [0.15, 0.2) is 0 Å². The highest BCUT2D eigenvalue weighted by molar-refractivity contribution is 5.81. The number of piperidine rings is 1. The molecule has 2 rings (SSSR count). The third-order valence-electron chi connectivity index (χ3n) is 3.96. The fourth-order valence-corrected chi connectivity index (χ4v) is 2.92. The van der Waals surface area contributed by atoms with E-state index in [-0.39, 0.29) is 17.9 Å². The lowest BCUT2D eigenvalue weighted by Gasteiger charge is -2.23. The van der Waals surface area contributed by atoms with Crippen molar-refractivity contribution in [3.63, 3.8) is 0 Å². The quantitative estimate of drug-likeness (QED) is 0.817. The number of likely N-dealkylation sites (tertiary alicyclic amines) is 1. The van der Waals surface area contributed by atoms with Gasteiger partial charge in [0.05, 0.1) is 12.6 Å². The number of hydrogen-bond acceptors (Lipinski definition) is 3. The Balaban J connectivity index is 1.66. The van der Waals surface area contributed by atoms with Crippen molar-refractivity contribution in [2.24, 2.45) is 5.92 Å². The molecule has 2 fully saturated rings. The molecule has 20 heavy (non-hydrogen) atoms. The topological polar surface area (TPSA) is 44.4 Å². The number of nitrogens with one attached hydrogen (secondary N) is 2. The molecule has 2 atom stereocenters. The van der Waals surface area contributed by atoms with Gasteiger partial charge in [-0.15, -0.1) is 0 Å². The number of amides is 1. The molecule has 0 aromatic carbocycles. The van der Waals surface area contributed by atoms with Crippen molar-refractivity contribution in [3.05, 3.63) is 0 Å². The zero-order valence-corrected chi connectivity index (χ0v) is 11.5. The van der Waals surface area contributed by atoms with Crippen LogP contribution in [-0.2, 0) is 4.79 Å². The Morgan fingerprint density at radius 1 is 1.30 bits per heavy atom. The zero-order valence-electron chi connectivity index (χ0n) is 11.5. The maximum Gasteiger partial charge on any atom is 0.401 e. The molecule has 2 aliphatic heterocycles. The van der Waals surface area contributed by atoms with Gasteiger partial charge in [-0.25, -0.2) is 0 Å². The van der Waals surface area contributed by atoms with Gasteiger partial charge in [-0.2, -0.15) is 13.2 Å². The van der Waals surface area contributed by atoms with E-state index in [4.69, 9.17) is 0 Å². The molecule has 0 saturated carbocycles. The molecule has 2 saturated heterocycles. The van der Waals surface area contributed by atoms with E-state index in [1.807, 2.05) is 0 Å². The first-order valence-electron chi connectivity index (χ1n) is 7.24. The third-order valence-corrected chi connectivity index (χ3v) is 3.96. The van der Waals surface area contributed by atoms with Crippen LogP contribution < -0.4 is 10.6 Å². The van der Waals surface area contributed by atoms with Crippen LogP contribution >= 0.6 is 0 Å². The molecular weight excluding hydrogens is 271 g/mol. The summed E-state index contributed by atoms with van der Waals surface area (Å²) in [6.45, 7) is 1.37. The SMILES string of the molecule is O=C(NCC1CCN(CC(F)(F)F)C1)C1CCCCN1. The summed E-state index contributed by atoms with van der Waals surface area (Å²) < 4.78 is 36.8. The Hall–Kier alpha value is -0.820. The van der Waals surface area contributed by atoms with E-state index in [1.54, 1.807) is 0 Å². The number of nitrogens with zero attached hydrogens (tertiary/aromatic N) is 1. The second kappa shape index (κ2) is 6.76. The monoisotopic (exact) mass is 293 g/mol. The molecule has 0 aromatic rings. The van der Waals surface area contributed by atoms with Gasteiger partial charge in [-0.1, -0.05) is 6.42 Å². The second-order valence-corrected chi connectivity index (χ2v) is 5.75. The van der Waals surface area contributed by atoms with Gasteiger partial charge in [-0.05, 0) is 38.3 Å². The van der Waals surface area contributed by atoms with Crippen molar-refractivity contribution in [3.8, 4) is 0 Å². The van der Waals surface area contributed by atoms with Crippen molar-refractivity contribution in [2.75, 3.05) is 32.7 Å². The minimum atomic E-state index is -4.13. The molecular formula is C13H22F3N3O. The maximum atomic E-state index is 12.3. The maximum absolute atomic E-state index is 12.3. The molecule has 2 N–H and O–H groups in total. The average Bonchev–Trinajstić information content (AvgIpc) is 2.82. The first-order valence-corrected chi connectivity index (χ1v) is 7.24. The van der Waals surface area contributed by atoms with Gasteiger partial charge in [0.2, 0.25) is 5.91 Å². The summed E-state index contributed by atoms with van der Waals surface area (Å²) in [6, 6.07) is -0.128. The number of carbonyl (C=O) groups excluding carboxylic acids is 1. The van der Waals surface area contributed by atoms with E-state index < -0.39 is 12.7 Å². The van der Waals surface area contributed by atoms with Gasteiger partial charge in [0.25, 0.3) is 0 Å². The molecule has 0 spiro atoms. The van der Waals surface area contributed by atoms with Crippen molar-refractivity contribution >= 4 is 5.91 Å². The van der Waals surface area contributed by atoms with E-state index in [1.165, 1.54) is 4.90 Å². The van der Waals surface area contributed by atoms with Crippen molar-refractivity contribution in [1.29, 1.82) is 0 Å². The summed E-state index contributed by atoms with van der Waals surface area (Å²) in [7, 11) is 0. The number of alkyl halides is 3. The lowest BCUT2D eigenvalue weighted by atomic mass is 10.0. The van der Waals surface area contributed by atoms with Gasteiger partial charge < -0.3 is 10.6 Å². The molecule has 0 aliphatic carbocycles.